The first-order valence-electron chi connectivity index (χ1n) is 6.61. The van der Waals surface area contributed by atoms with E-state index in [-0.39, 0.29) is 12.1 Å². The first kappa shape index (κ1) is 16.5. The predicted octanol–water partition coefficient (Wildman–Crippen LogP) is 2.93. The van der Waals surface area contributed by atoms with Crippen LogP contribution in [0.4, 0.5) is 4.79 Å². The topological polar surface area (TPSA) is 69.6 Å². The summed E-state index contributed by atoms with van der Waals surface area (Å²) in [7, 11) is 1.51. The molecule has 1 rings (SSSR count). The Morgan fingerprint density at radius 2 is 2.05 bits per heavy atom. The molecule has 112 valence electrons. The summed E-state index contributed by atoms with van der Waals surface area (Å²) in [5.74, 6) is -0.986. The van der Waals surface area contributed by atoms with Gasteiger partial charge < -0.3 is 15.3 Å². The number of amides is 2. The molecule has 0 aliphatic rings. The third-order valence-corrected chi connectivity index (χ3v) is 4.33. The third-order valence-electron chi connectivity index (χ3n) is 3.35. The number of carboxylic acid groups (broad SMARTS) is 1. The number of aryl methyl sites for hydroxylation is 2. The minimum Gasteiger partial charge on any atom is -0.480 e. The van der Waals surface area contributed by atoms with Crippen molar-refractivity contribution >= 4 is 23.3 Å². The summed E-state index contributed by atoms with van der Waals surface area (Å²) in [6.45, 7) is 7.70. The Hall–Kier alpha value is -1.56. The van der Waals surface area contributed by atoms with Gasteiger partial charge >= 0.3 is 12.0 Å². The Morgan fingerprint density at radius 3 is 2.45 bits per heavy atom. The van der Waals surface area contributed by atoms with Crippen LogP contribution in [0.1, 0.15) is 41.6 Å². The molecule has 0 saturated heterocycles. The number of carbonyl (C=O) groups is 2. The van der Waals surface area contributed by atoms with Gasteiger partial charge in [-0.2, -0.15) is 0 Å². The van der Waals surface area contributed by atoms with E-state index < -0.39 is 12.0 Å². The molecule has 0 aromatic carbocycles. The Bertz CT molecular complexity index is 499. The summed E-state index contributed by atoms with van der Waals surface area (Å²) >= 11 is 1.69. The largest absolute Gasteiger partial charge is 0.480 e. The highest BCUT2D eigenvalue weighted by Gasteiger charge is 2.26. The molecule has 1 heterocycles. The molecule has 5 nitrogen and oxygen atoms in total. The molecule has 6 heteroatoms. The molecule has 2 unspecified atom stereocenters. The minimum atomic E-state index is -0.986. The van der Waals surface area contributed by atoms with Crippen LogP contribution in [0.2, 0.25) is 0 Å². The van der Waals surface area contributed by atoms with Crippen LogP contribution in [0.5, 0.6) is 0 Å². The molecular formula is C14H22N2O3S. The number of hydrogen-bond donors (Lipinski definition) is 2. The monoisotopic (exact) mass is 298 g/mol. The molecule has 0 radical (unpaired) electrons. The van der Waals surface area contributed by atoms with Crippen LogP contribution in [0.25, 0.3) is 0 Å². The van der Waals surface area contributed by atoms with E-state index in [1.54, 1.807) is 18.3 Å². The van der Waals surface area contributed by atoms with Crippen LogP contribution in [0.3, 0.4) is 0 Å². The molecule has 2 N–H and O–H groups in total. The van der Waals surface area contributed by atoms with Gasteiger partial charge in [-0.3, -0.25) is 0 Å². The lowest BCUT2D eigenvalue weighted by atomic mass is 10.1. The molecule has 0 spiro atoms. The Balaban J connectivity index is 2.75. The lowest BCUT2D eigenvalue weighted by Crippen LogP contribution is -2.47. The van der Waals surface area contributed by atoms with Gasteiger partial charge in [-0.15, -0.1) is 11.3 Å². The second-order valence-corrected chi connectivity index (χ2v) is 6.37. The summed E-state index contributed by atoms with van der Waals surface area (Å²) in [4.78, 5) is 26.8. The Labute approximate surface area is 123 Å². The predicted molar refractivity (Wildman–Crippen MR) is 80.2 cm³/mol. The molecule has 2 amide bonds. The van der Waals surface area contributed by atoms with Gasteiger partial charge in [0.2, 0.25) is 0 Å². The van der Waals surface area contributed by atoms with E-state index in [1.165, 1.54) is 21.7 Å². The minimum absolute atomic E-state index is 0.138. The first-order chi connectivity index (χ1) is 9.27. The highest BCUT2D eigenvalue weighted by Crippen LogP contribution is 2.26. The maximum absolute atomic E-state index is 12.1. The number of hydrogen-bond acceptors (Lipinski definition) is 3. The van der Waals surface area contributed by atoms with E-state index in [2.05, 4.69) is 11.4 Å². The zero-order chi connectivity index (χ0) is 15.4. The van der Waals surface area contributed by atoms with Crippen LogP contribution in [0, 0.1) is 13.8 Å². The van der Waals surface area contributed by atoms with Crippen LogP contribution in [-0.4, -0.2) is 35.1 Å². The zero-order valence-corrected chi connectivity index (χ0v) is 13.4. The van der Waals surface area contributed by atoms with Crippen molar-refractivity contribution in [2.24, 2.45) is 0 Å². The fourth-order valence-electron chi connectivity index (χ4n) is 2.20. The lowest BCUT2D eigenvalue weighted by Gasteiger charge is -2.26. The molecule has 2 atom stereocenters. The van der Waals surface area contributed by atoms with E-state index in [4.69, 9.17) is 5.11 Å². The van der Waals surface area contributed by atoms with Crippen LogP contribution >= 0.6 is 11.3 Å². The van der Waals surface area contributed by atoms with Gasteiger partial charge in [-0.05, 0) is 38.8 Å². The van der Waals surface area contributed by atoms with Crippen molar-refractivity contribution in [3.8, 4) is 0 Å². The van der Waals surface area contributed by atoms with Crippen molar-refractivity contribution in [1.82, 2.24) is 10.2 Å². The third kappa shape index (κ3) is 3.72. The van der Waals surface area contributed by atoms with E-state index in [0.29, 0.717) is 6.42 Å². The van der Waals surface area contributed by atoms with Crippen molar-refractivity contribution in [2.75, 3.05) is 7.05 Å². The lowest BCUT2D eigenvalue weighted by molar-refractivity contribution is -0.141. The van der Waals surface area contributed by atoms with Gasteiger partial charge in [0.15, 0.2) is 0 Å². The van der Waals surface area contributed by atoms with Crippen molar-refractivity contribution < 1.29 is 14.7 Å². The molecule has 1 aromatic heterocycles. The summed E-state index contributed by atoms with van der Waals surface area (Å²) in [6, 6.07) is 0.753. The highest BCUT2D eigenvalue weighted by atomic mass is 32.1. The van der Waals surface area contributed by atoms with Crippen molar-refractivity contribution in [2.45, 2.75) is 46.2 Å². The molecule has 0 aliphatic carbocycles. The fraction of sp³-hybridized carbons (Fsp3) is 0.571. The average Bonchev–Trinajstić information content (AvgIpc) is 2.68. The normalized spacial score (nSPS) is 13.7. The van der Waals surface area contributed by atoms with Crippen molar-refractivity contribution in [1.29, 1.82) is 0 Å². The fourth-order valence-corrected chi connectivity index (χ4v) is 3.22. The van der Waals surface area contributed by atoms with Gasteiger partial charge in [0.05, 0.1) is 6.04 Å². The van der Waals surface area contributed by atoms with E-state index in [9.17, 15) is 9.59 Å². The summed E-state index contributed by atoms with van der Waals surface area (Å²) in [5, 5.41) is 11.9. The Kier molecular flexibility index (Phi) is 5.56. The maximum atomic E-state index is 12.1. The Morgan fingerprint density at radius 1 is 1.45 bits per heavy atom. The van der Waals surface area contributed by atoms with Gasteiger partial charge in [-0.1, -0.05) is 6.92 Å². The van der Waals surface area contributed by atoms with Crippen LogP contribution in [0.15, 0.2) is 6.07 Å². The molecule has 0 saturated carbocycles. The molecule has 0 bridgehead atoms. The van der Waals surface area contributed by atoms with E-state index in [0.717, 1.165) is 5.56 Å². The van der Waals surface area contributed by atoms with Crippen molar-refractivity contribution in [3.05, 3.63) is 21.4 Å². The number of nitrogens with one attached hydrogen (secondary N) is 1. The second-order valence-electron chi connectivity index (χ2n) is 4.91. The quantitative estimate of drug-likeness (QED) is 0.878. The van der Waals surface area contributed by atoms with Crippen LogP contribution in [-0.2, 0) is 4.79 Å². The van der Waals surface area contributed by atoms with Gasteiger partial charge in [0, 0.05) is 16.8 Å². The highest BCUT2D eigenvalue weighted by molar-refractivity contribution is 7.12. The summed E-state index contributed by atoms with van der Waals surface area (Å²) in [6.07, 6.45) is 0.379. The number of nitrogens with zero attached hydrogens (tertiary/aromatic N) is 1. The standard InChI is InChI=1S/C14H22N2O3S/c1-6-12(13(17)18)16(5)14(19)15-9(3)11-7-8(2)20-10(11)4/h7,9,12H,6H2,1-5H3,(H,15,19)(H,17,18). The molecule has 0 fully saturated rings. The van der Waals surface area contributed by atoms with Gasteiger partial charge in [-0.25, -0.2) is 9.59 Å². The number of carboxylic acids is 1. The van der Waals surface area contributed by atoms with Gasteiger partial charge in [0.25, 0.3) is 0 Å². The average molecular weight is 298 g/mol. The number of aliphatic carboxylic acids is 1. The van der Waals surface area contributed by atoms with Crippen molar-refractivity contribution in [3.63, 3.8) is 0 Å². The number of carbonyl (C=O) groups excluding carboxylic acids is 1. The SMILES string of the molecule is CCC(C(=O)O)N(C)C(=O)NC(C)c1cc(C)sc1C. The molecule has 1 aromatic rings. The smallest absolute Gasteiger partial charge is 0.326 e. The first-order valence-corrected chi connectivity index (χ1v) is 7.42. The second kappa shape index (κ2) is 6.74. The number of rotatable bonds is 5. The van der Waals surface area contributed by atoms with Crippen LogP contribution < -0.4 is 5.32 Å². The van der Waals surface area contributed by atoms with E-state index >= 15 is 0 Å². The van der Waals surface area contributed by atoms with E-state index in [1.807, 2.05) is 20.8 Å². The molecular weight excluding hydrogens is 276 g/mol. The summed E-state index contributed by atoms with van der Waals surface area (Å²) < 4.78 is 0. The zero-order valence-electron chi connectivity index (χ0n) is 12.6. The maximum Gasteiger partial charge on any atom is 0.326 e. The van der Waals surface area contributed by atoms with Gasteiger partial charge in [0.1, 0.15) is 6.04 Å². The molecule has 0 aliphatic heterocycles. The molecule has 20 heavy (non-hydrogen) atoms. The summed E-state index contributed by atoms with van der Waals surface area (Å²) in [5.41, 5.74) is 1.08. The number of thiophene rings is 1. The number of urea groups is 1. The number of likely N-dealkylation sites (N-methyl/N-ethyl adjacent to an activating group) is 1.